The van der Waals surface area contributed by atoms with Crippen molar-refractivity contribution in [2.45, 2.75) is 38.0 Å². The molecule has 41 heavy (non-hydrogen) atoms. The van der Waals surface area contributed by atoms with Crippen molar-refractivity contribution in [2.24, 2.45) is 0 Å². The molecule has 0 aliphatic heterocycles. The molecule has 0 atom stereocenters. The molecule has 0 amide bonds. The monoisotopic (exact) mass is 549 g/mol. The van der Waals surface area contributed by atoms with Gasteiger partial charge >= 0.3 is 5.97 Å². The third kappa shape index (κ3) is 5.33. The van der Waals surface area contributed by atoms with E-state index in [-0.39, 0.29) is 17.8 Å². The summed E-state index contributed by atoms with van der Waals surface area (Å²) < 4.78 is 26.5. The molecule has 7 heteroatoms. The van der Waals surface area contributed by atoms with Crippen molar-refractivity contribution in [1.82, 2.24) is 9.97 Å². The number of carbonyl (C=O) groups is 1. The summed E-state index contributed by atoms with van der Waals surface area (Å²) in [6.45, 7) is 1.19. The second-order valence-electron chi connectivity index (χ2n) is 10.5. The maximum Gasteiger partial charge on any atom is 0.340 e. The lowest BCUT2D eigenvalue weighted by Gasteiger charge is -2.34. The molecule has 0 radical (unpaired) electrons. The van der Waals surface area contributed by atoms with Crippen LogP contribution in [0.2, 0.25) is 0 Å². The number of benzene rings is 3. The first-order chi connectivity index (χ1) is 20.1. The number of nitrogens with one attached hydrogen (secondary N) is 1. The van der Waals surface area contributed by atoms with Crippen LogP contribution in [0.25, 0.3) is 22.2 Å². The molecular formula is C34H32FN3O3. The van der Waals surface area contributed by atoms with Crippen LogP contribution in [-0.2, 0) is 22.6 Å². The van der Waals surface area contributed by atoms with E-state index in [1.807, 2.05) is 54.6 Å². The second-order valence-corrected chi connectivity index (χ2v) is 10.5. The van der Waals surface area contributed by atoms with Crippen molar-refractivity contribution >= 4 is 22.7 Å². The third-order valence-corrected chi connectivity index (χ3v) is 7.97. The predicted molar refractivity (Wildman–Crippen MR) is 158 cm³/mol. The lowest BCUT2D eigenvalue weighted by Crippen LogP contribution is -2.29. The molecule has 0 spiro atoms. The Bertz CT molecular complexity index is 1620. The van der Waals surface area contributed by atoms with Crippen LogP contribution in [0.4, 0.5) is 10.2 Å². The van der Waals surface area contributed by atoms with Crippen molar-refractivity contribution in [3.63, 3.8) is 0 Å². The van der Waals surface area contributed by atoms with E-state index in [4.69, 9.17) is 14.5 Å². The van der Waals surface area contributed by atoms with Crippen LogP contribution in [0.1, 0.15) is 45.8 Å². The zero-order valence-corrected chi connectivity index (χ0v) is 23.1. The van der Waals surface area contributed by atoms with Gasteiger partial charge in [-0.05, 0) is 47.6 Å². The molecule has 6 rings (SSSR count). The molecule has 0 unspecified atom stereocenters. The summed E-state index contributed by atoms with van der Waals surface area (Å²) in [5, 5.41) is 0.635. The topological polar surface area (TPSA) is 67.5 Å². The molecule has 0 bridgehead atoms. The number of hydrogen-bond acceptors (Lipinski definition) is 5. The molecule has 1 aliphatic rings. The largest absolute Gasteiger partial charge is 0.465 e. The third-order valence-electron chi connectivity index (χ3n) is 7.97. The molecule has 3 aromatic carbocycles. The van der Waals surface area contributed by atoms with Gasteiger partial charge in [0, 0.05) is 43.0 Å². The number of hydrogen-bond donors (Lipinski definition) is 1. The van der Waals surface area contributed by atoms with Gasteiger partial charge < -0.3 is 19.4 Å². The summed E-state index contributed by atoms with van der Waals surface area (Å²) in [6, 6.07) is 27.7. The zero-order valence-electron chi connectivity index (χ0n) is 23.1. The fraction of sp³-hybridized carbons (Fsp3) is 0.235. The Hall–Kier alpha value is -4.49. The van der Waals surface area contributed by atoms with Crippen LogP contribution in [0.5, 0.6) is 0 Å². The predicted octanol–water partition coefficient (Wildman–Crippen LogP) is 7.25. The number of nitrogens with zero attached hydrogens (tertiary/aromatic N) is 2. The van der Waals surface area contributed by atoms with Gasteiger partial charge in [0.05, 0.1) is 24.3 Å². The SMILES string of the molecule is COC(=O)c1cnc(N(Cc2ccccc2)Cc2ccccc2)c2[nH]c(-c3cccc(C4CC(OC)C4)c3F)cc12. The van der Waals surface area contributed by atoms with Crippen molar-refractivity contribution < 1.29 is 18.7 Å². The van der Waals surface area contributed by atoms with Crippen LogP contribution in [0.3, 0.4) is 0 Å². The molecular weight excluding hydrogens is 517 g/mol. The minimum absolute atomic E-state index is 0.124. The second kappa shape index (κ2) is 11.6. The maximum absolute atomic E-state index is 16.0. The molecule has 1 fully saturated rings. The van der Waals surface area contributed by atoms with E-state index < -0.39 is 5.97 Å². The molecule has 1 N–H and O–H groups in total. The van der Waals surface area contributed by atoms with Gasteiger partial charge in [-0.3, -0.25) is 0 Å². The standard InChI is InChI=1S/C34H32FN3O3/c1-40-25-16-24(17-25)26-14-9-15-27(31(26)35)30-18-28-29(34(39)41-2)19-36-33(32(28)37-30)38(20-22-10-5-3-6-11-22)21-23-12-7-4-8-13-23/h3-15,18-19,24-25,37H,16-17,20-21H2,1-2H3. The van der Waals surface area contributed by atoms with Gasteiger partial charge in [-0.25, -0.2) is 14.2 Å². The van der Waals surface area contributed by atoms with Gasteiger partial charge in [0.2, 0.25) is 0 Å². The lowest BCUT2D eigenvalue weighted by atomic mass is 9.77. The normalized spacial score (nSPS) is 16.4. The van der Waals surface area contributed by atoms with Crippen molar-refractivity contribution in [1.29, 1.82) is 0 Å². The number of halogens is 1. The maximum atomic E-state index is 16.0. The molecule has 5 aromatic rings. The molecule has 2 aromatic heterocycles. The number of methoxy groups -OCH3 is 2. The van der Waals surface area contributed by atoms with Crippen molar-refractivity contribution in [3.8, 4) is 11.3 Å². The molecule has 2 heterocycles. The van der Waals surface area contributed by atoms with Crippen LogP contribution in [0.15, 0.2) is 91.1 Å². The van der Waals surface area contributed by atoms with Crippen LogP contribution in [-0.4, -0.2) is 36.3 Å². The summed E-state index contributed by atoms with van der Waals surface area (Å²) >= 11 is 0. The number of aromatic nitrogens is 2. The molecule has 1 saturated carbocycles. The van der Waals surface area contributed by atoms with Gasteiger partial charge in [-0.15, -0.1) is 0 Å². The van der Waals surface area contributed by atoms with Gasteiger partial charge in [0.1, 0.15) is 5.82 Å². The van der Waals surface area contributed by atoms with Crippen molar-refractivity contribution in [3.05, 3.63) is 119 Å². The van der Waals surface area contributed by atoms with Crippen LogP contribution < -0.4 is 4.90 Å². The minimum Gasteiger partial charge on any atom is -0.465 e. The van der Waals surface area contributed by atoms with Gasteiger partial charge in [0.15, 0.2) is 5.82 Å². The Balaban J connectivity index is 1.47. The number of H-pyrrole nitrogens is 1. The summed E-state index contributed by atoms with van der Waals surface area (Å²) in [4.78, 5) is 23.2. The summed E-state index contributed by atoms with van der Waals surface area (Å²) in [6.07, 6.45) is 3.33. The van der Waals surface area contributed by atoms with E-state index in [2.05, 4.69) is 34.1 Å². The number of anilines is 1. The van der Waals surface area contributed by atoms with Gasteiger partial charge in [-0.1, -0.05) is 72.8 Å². The first kappa shape index (κ1) is 26.7. The van der Waals surface area contributed by atoms with E-state index in [9.17, 15) is 4.79 Å². The Labute approximate surface area is 238 Å². The van der Waals surface area contributed by atoms with E-state index in [0.29, 0.717) is 52.2 Å². The van der Waals surface area contributed by atoms with Crippen molar-refractivity contribution in [2.75, 3.05) is 19.1 Å². The summed E-state index contributed by atoms with van der Waals surface area (Å²) in [7, 11) is 3.04. The fourth-order valence-corrected chi connectivity index (χ4v) is 5.66. The number of carbonyl (C=O) groups excluding carboxylic acids is 1. The number of ether oxygens (including phenoxy) is 2. The van der Waals surface area contributed by atoms with Gasteiger partial charge in [0.25, 0.3) is 0 Å². The van der Waals surface area contributed by atoms with E-state index in [0.717, 1.165) is 24.0 Å². The van der Waals surface area contributed by atoms with Gasteiger partial charge in [-0.2, -0.15) is 0 Å². The highest BCUT2D eigenvalue weighted by Crippen LogP contribution is 2.42. The summed E-state index contributed by atoms with van der Waals surface area (Å²) in [5.74, 6) is 0.0502. The minimum atomic E-state index is -0.494. The number of rotatable bonds is 9. The molecule has 208 valence electrons. The smallest absolute Gasteiger partial charge is 0.340 e. The fourth-order valence-electron chi connectivity index (χ4n) is 5.66. The zero-order chi connectivity index (χ0) is 28.3. The van der Waals surface area contributed by atoms with Crippen LogP contribution in [0, 0.1) is 5.82 Å². The first-order valence-electron chi connectivity index (χ1n) is 13.8. The molecule has 0 saturated heterocycles. The van der Waals surface area contributed by atoms with E-state index >= 15 is 4.39 Å². The highest BCUT2D eigenvalue weighted by Gasteiger charge is 2.33. The molecule has 6 nitrogen and oxygen atoms in total. The van der Waals surface area contributed by atoms with Crippen LogP contribution >= 0.6 is 0 Å². The van der Waals surface area contributed by atoms with E-state index in [1.54, 1.807) is 19.4 Å². The number of fused-ring (bicyclic) bond motifs is 1. The molecule has 1 aliphatic carbocycles. The lowest BCUT2D eigenvalue weighted by molar-refractivity contribution is 0.0250. The average molecular weight is 550 g/mol. The summed E-state index contributed by atoms with van der Waals surface area (Å²) in [5.41, 5.74) is 4.96. The highest BCUT2D eigenvalue weighted by atomic mass is 19.1. The Morgan fingerprint density at radius 2 is 1.61 bits per heavy atom. The highest BCUT2D eigenvalue weighted by molar-refractivity contribution is 6.07. The Kier molecular flexibility index (Phi) is 7.53. The quantitative estimate of drug-likeness (QED) is 0.196. The Morgan fingerprint density at radius 3 is 2.22 bits per heavy atom. The Morgan fingerprint density at radius 1 is 0.951 bits per heavy atom. The number of pyridine rings is 1. The number of esters is 1. The first-order valence-corrected chi connectivity index (χ1v) is 13.8. The average Bonchev–Trinajstić information content (AvgIpc) is 3.42. The van der Waals surface area contributed by atoms with E-state index in [1.165, 1.54) is 7.11 Å². The number of aromatic amines is 1.